The van der Waals surface area contributed by atoms with Gasteiger partial charge in [0, 0.05) is 26.2 Å². The van der Waals surface area contributed by atoms with Gasteiger partial charge in [-0.15, -0.1) is 0 Å². The Bertz CT molecular complexity index is 262. The van der Waals surface area contributed by atoms with E-state index in [1.165, 1.54) is 0 Å². The van der Waals surface area contributed by atoms with Gasteiger partial charge >= 0.3 is 0 Å². The van der Waals surface area contributed by atoms with E-state index < -0.39 is 0 Å². The van der Waals surface area contributed by atoms with Crippen molar-refractivity contribution in [1.29, 1.82) is 5.26 Å². The Morgan fingerprint density at radius 3 is 2.76 bits per heavy atom. The van der Waals surface area contributed by atoms with E-state index in [4.69, 9.17) is 4.74 Å². The molecule has 1 aliphatic heterocycles. The van der Waals surface area contributed by atoms with Crippen molar-refractivity contribution < 1.29 is 4.74 Å². The van der Waals surface area contributed by atoms with Crippen LogP contribution >= 0.6 is 0 Å². The van der Waals surface area contributed by atoms with Crippen molar-refractivity contribution in [2.24, 2.45) is 0 Å². The number of hydrogen-bond donors (Lipinski definition) is 1. The van der Waals surface area contributed by atoms with E-state index >= 15 is 0 Å². The molecule has 1 aliphatic rings. The third-order valence-corrected chi connectivity index (χ3v) is 3.59. The summed E-state index contributed by atoms with van der Waals surface area (Å²) in [6.07, 6.45) is 2.94. The Morgan fingerprint density at radius 2 is 2.18 bits per heavy atom. The number of hydrogen-bond acceptors (Lipinski definition) is 4. The van der Waals surface area contributed by atoms with E-state index in [1.54, 1.807) is 7.11 Å². The largest absolute Gasteiger partial charge is 0.383 e. The molecule has 1 N–H and O–H groups in total. The first-order valence-corrected chi connectivity index (χ1v) is 6.53. The predicted molar refractivity (Wildman–Crippen MR) is 68.8 cm³/mol. The fourth-order valence-corrected chi connectivity index (χ4v) is 2.39. The van der Waals surface area contributed by atoms with Gasteiger partial charge in [0.2, 0.25) is 0 Å². The molecule has 0 radical (unpaired) electrons. The van der Waals surface area contributed by atoms with Gasteiger partial charge < -0.3 is 9.64 Å². The van der Waals surface area contributed by atoms with Crippen molar-refractivity contribution in [3.63, 3.8) is 0 Å². The molecule has 0 aliphatic carbocycles. The van der Waals surface area contributed by atoms with Crippen LogP contribution in [0.2, 0.25) is 0 Å². The lowest BCUT2D eigenvalue weighted by atomic mass is 9.92. The topological polar surface area (TPSA) is 48.3 Å². The summed E-state index contributed by atoms with van der Waals surface area (Å²) in [6, 6.07) is 3.06. The van der Waals surface area contributed by atoms with Crippen LogP contribution in [0.25, 0.3) is 0 Å². The fourth-order valence-electron chi connectivity index (χ4n) is 2.39. The standard InChI is InChI=1S/C13H25N3O/c1-12(2)16-8-4-5-13(11-14,6-9-16)15-7-10-17-3/h12,15H,4-10H2,1-3H3. The molecule has 0 aromatic heterocycles. The summed E-state index contributed by atoms with van der Waals surface area (Å²) in [6.45, 7) is 7.97. The van der Waals surface area contributed by atoms with E-state index in [9.17, 15) is 5.26 Å². The van der Waals surface area contributed by atoms with Crippen molar-refractivity contribution >= 4 is 0 Å². The molecule has 4 heteroatoms. The maximum Gasteiger partial charge on any atom is 0.108 e. The first-order chi connectivity index (χ1) is 8.13. The second-order valence-electron chi connectivity index (χ2n) is 5.10. The quantitative estimate of drug-likeness (QED) is 0.736. The van der Waals surface area contributed by atoms with Gasteiger partial charge in [-0.3, -0.25) is 5.32 Å². The Kier molecular flexibility index (Phi) is 5.90. The van der Waals surface area contributed by atoms with Gasteiger partial charge in [0.05, 0.1) is 12.7 Å². The molecule has 0 spiro atoms. The molecule has 4 nitrogen and oxygen atoms in total. The highest BCUT2D eigenvalue weighted by Crippen LogP contribution is 2.22. The zero-order valence-electron chi connectivity index (χ0n) is 11.3. The Morgan fingerprint density at radius 1 is 1.41 bits per heavy atom. The highest BCUT2D eigenvalue weighted by Gasteiger charge is 2.32. The lowest BCUT2D eigenvalue weighted by Gasteiger charge is -2.28. The van der Waals surface area contributed by atoms with Crippen molar-refractivity contribution in [2.45, 2.75) is 44.7 Å². The monoisotopic (exact) mass is 239 g/mol. The third kappa shape index (κ3) is 4.27. The van der Waals surface area contributed by atoms with Crippen LogP contribution in [0.4, 0.5) is 0 Å². The molecule has 1 heterocycles. The number of nitrogens with zero attached hydrogens (tertiary/aromatic N) is 2. The molecule has 17 heavy (non-hydrogen) atoms. The molecular weight excluding hydrogens is 214 g/mol. The molecule has 1 unspecified atom stereocenters. The molecule has 1 fully saturated rings. The minimum Gasteiger partial charge on any atom is -0.383 e. The number of rotatable bonds is 5. The summed E-state index contributed by atoms with van der Waals surface area (Å²) in [4.78, 5) is 2.46. The van der Waals surface area contributed by atoms with Gasteiger partial charge in [-0.1, -0.05) is 0 Å². The highest BCUT2D eigenvalue weighted by atomic mass is 16.5. The molecule has 0 saturated carbocycles. The van der Waals surface area contributed by atoms with Crippen molar-refractivity contribution in [2.75, 3.05) is 33.4 Å². The smallest absolute Gasteiger partial charge is 0.108 e. The van der Waals surface area contributed by atoms with E-state index in [1.807, 2.05) is 0 Å². The second-order valence-corrected chi connectivity index (χ2v) is 5.10. The van der Waals surface area contributed by atoms with Crippen LogP contribution in [0.15, 0.2) is 0 Å². The molecule has 1 rings (SSSR count). The number of methoxy groups -OCH3 is 1. The number of likely N-dealkylation sites (tertiary alicyclic amines) is 1. The summed E-state index contributed by atoms with van der Waals surface area (Å²) in [5.74, 6) is 0. The first-order valence-electron chi connectivity index (χ1n) is 6.53. The van der Waals surface area contributed by atoms with Gasteiger partial charge in [0.25, 0.3) is 0 Å². The van der Waals surface area contributed by atoms with Gasteiger partial charge in [-0.05, 0) is 39.7 Å². The summed E-state index contributed by atoms with van der Waals surface area (Å²) in [5, 5.41) is 12.8. The average Bonchev–Trinajstić information content (AvgIpc) is 2.53. The minimum absolute atomic E-state index is 0.345. The van der Waals surface area contributed by atoms with Gasteiger partial charge in [0.1, 0.15) is 5.54 Å². The number of nitriles is 1. The molecule has 1 atom stereocenters. The Balaban J connectivity index is 2.53. The summed E-state index contributed by atoms with van der Waals surface area (Å²) in [7, 11) is 1.69. The van der Waals surface area contributed by atoms with Crippen LogP contribution in [0.1, 0.15) is 33.1 Å². The van der Waals surface area contributed by atoms with Crippen LogP contribution in [0.5, 0.6) is 0 Å². The normalized spacial score (nSPS) is 26.8. The van der Waals surface area contributed by atoms with Crippen molar-refractivity contribution in [3.05, 3.63) is 0 Å². The molecule has 98 valence electrons. The SMILES string of the molecule is COCCNC1(C#N)CCCN(C(C)C)CC1. The molecule has 0 amide bonds. The lowest BCUT2D eigenvalue weighted by molar-refractivity contribution is 0.186. The van der Waals surface area contributed by atoms with Gasteiger partial charge in [-0.25, -0.2) is 0 Å². The van der Waals surface area contributed by atoms with Crippen LogP contribution in [0.3, 0.4) is 0 Å². The zero-order valence-corrected chi connectivity index (χ0v) is 11.3. The summed E-state index contributed by atoms with van der Waals surface area (Å²) >= 11 is 0. The number of nitrogens with one attached hydrogen (secondary N) is 1. The van der Waals surface area contributed by atoms with Crippen LogP contribution in [-0.2, 0) is 4.74 Å². The van der Waals surface area contributed by atoms with E-state index in [2.05, 4.69) is 30.1 Å². The Hall–Kier alpha value is -0.630. The lowest BCUT2D eigenvalue weighted by Crippen LogP contribution is -2.46. The molecule has 0 aromatic rings. The average molecular weight is 239 g/mol. The third-order valence-electron chi connectivity index (χ3n) is 3.59. The maximum atomic E-state index is 9.42. The zero-order chi connectivity index (χ0) is 12.7. The molecule has 0 bridgehead atoms. The van der Waals surface area contributed by atoms with E-state index in [0.717, 1.165) is 38.9 Å². The van der Waals surface area contributed by atoms with Crippen molar-refractivity contribution in [3.8, 4) is 6.07 Å². The summed E-state index contributed by atoms with van der Waals surface area (Å²) < 4.78 is 5.03. The van der Waals surface area contributed by atoms with E-state index in [-0.39, 0.29) is 5.54 Å². The summed E-state index contributed by atoms with van der Waals surface area (Å²) in [5.41, 5.74) is -0.345. The fraction of sp³-hybridized carbons (Fsp3) is 0.923. The van der Waals surface area contributed by atoms with Crippen molar-refractivity contribution in [1.82, 2.24) is 10.2 Å². The predicted octanol–water partition coefficient (Wildman–Crippen LogP) is 1.38. The van der Waals surface area contributed by atoms with Crippen LogP contribution in [-0.4, -0.2) is 49.8 Å². The van der Waals surface area contributed by atoms with Gasteiger partial charge in [-0.2, -0.15) is 5.26 Å². The maximum absolute atomic E-state index is 9.42. The minimum atomic E-state index is -0.345. The molecule has 1 saturated heterocycles. The van der Waals surface area contributed by atoms with Crippen LogP contribution < -0.4 is 5.32 Å². The van der Waals surface area contributed by atoms with Crippen LogP contribution in [0, 0.1) is 11.3 Å². The van der Waals surface area contributed by atoms with Gasteiger partial charge in [0.15, 0.2) is 0 Å². The van der Waals surface area contributed by atoms with E-state index in [0.29, 0.717) is 12.6 Å². The molecular formula is C13H25N3O. The Labute approximate surface area is 105 Å². The first kappa shape index (κ1) is 14.4. The highest BCUT2D eigenvalue weighted by molar-refractivity contribution is 5.08. The molecule has 0 aromatic carbocycles. The second kappa shape index (κ2) is 6.95. The number of ether oxygens (including phenoxy) is 1.